The molecule has 0 aliphatic heterocycles. The van der Waals surface area contributed by atoms with E-state index in [1.54, 1.807) is 6.92 Å². The molecule has 0 heterocycles. The second kappa shape index (κ2) is 7.68. The van der Waals surface area contributed by atoms with Crippen LogP contribution in [0.2, 0.25) is 5.02 Å². The minimum absolute atomic E-state index is 0.0591. The normalized spacial score (nSPS) is 13.0. The van der Waals surface area contributed by atoms with Crippen molar-refractivity contribution in [1.82, 2.24) is 5.32 Å². The molecule has 1 aromatic rings. The van der Waals surface area contributed by atoms with Gasteiger partial charge in [0.25, 0.3) is 5.91 Å². The van der Waals surface area contributed by atoms with Crippen LogP contribution in [0.25, 0.3) is 0 Å². The van der Waals surface area contributed by atoms with Crippen molar-refractivity contribution in [1.29, 1.82) is 0 Å². The molecule has 1 atom stereocenters. The molecule has 1 rings (SSSR count). The zero-order chi connectivity index (χ0) is 16.2. The highest BCUT2D eigenvalue weighted by Crippen LogP contribution is 2.30. The summed E-state index contributed by atoms with van der Waals surface area (Å²) in [6, 6.07) is 2.46. The number of hydrogen-bond donors (Lipinski definition) is 2. The molecule has 3 N–H and O–H groups in total. The minimum atomic E-state index is -4.01. The highest BCUT2D eigenvalue weighted by molar-refractivity contribution is 9.10. The second-order valence-corrected chi connectivity index (χ2v) is 8.60. The molecule has 0 fully saturated rings. The number of sulfonamides is 1. The molecule has 1 aromatic carbocycles. The van der Waals surface area contributed by atoms with Gasteiger partial charge in [-0.1, -0.05) is 18.5 Å². The van der Waals surface area contributed by atoms with E-state index in [0.29, 0.717) is 11.5 Å². The summed E-state index contributed by atoms with van der Waals surface area (Å²) in [5, 5.41) is 7.67. The zero-order valence-electron chi connectivity index (χ0n) is 11.1. The molecule has 118 valence electrons. The molecular weight excluding hydrogens is 404 g/mol. The molecule has 21 heavy (non-hydrogen) atoms. The lowest BCUT2D eigenvalue weighted by Crippen LogP contribution is -2.28. The molecule has 0 aliphatic rings. The van der Waals surface area contributed by atoms with Gasteiger partial charge in [0.1, 0.15) is 0 Å². The summed E-state index contributed by atoms with van der Waals surface area (Å²) in [6.45, 7) is 2.00. The number of carbonyl (C=O) groups is 1. The van der Waals surface area contributed by atoms with Crippen LogP contribution in [0.4, 0.5) is 0 Å². The Morgan fingerprint density at radius 3 is 2.62 bits per heavy atom. The molecule has 0 aromatic heterocycles. The van der Waals surface area contributed by atoms with E-state index in [4.69, 9.17) is 16.7 Å². The molecule has 0 radical (unpaired) electrons. The number of rotatable bonds is 6. The zero-order valence-corrected chi connectivity index (χ0v) is 15.0. The Morgan fingerprint density at radius 1 is 1.48 bits per heavy atom. The van der Waals surface area contributed by atoms with Gasteiger partial charge in [0, 0.05) is 34.4 Å². The third-order valence-corrected chi connectivity index (χ3v) is 6.38. The third kappa shape index (κ3) is 5.33. The first-order valence-corrected chi connectivity index (χ1v) is 10.0. The lowest BCUT2D eigenvalue weighted by atomic mass is 10.2. The van der Waals surface area contributed by atoms with E-state index in [1.165, 1.54) is 6.07 Å². The Hall–Kier alpha value is -0.480. The first-order chi connectivity index (χ1) is 9.66. The van der Waals surface area contributed by atoms with Gasteiger partial charge in [0.2, 0.25) is 10.0 Å². The van der Waals surface area contributed by atoms with E-state index in [0.717, 1.165) is 6.07 Å². The van der Waals surface area contributed by atoms with Crippen LogP contribution in [-0.2, 0) is 20.8 Å². The van der Waals surface area contributed by atoms with E-state index in [9.17, 15) is 17.4 Å². The van der Waals surface area contributed by atoms with E-state index in [-0.39, 0.29) is 26.5 Å². The van der Waals surface area contributed by atoms with Gasteiger partial charge < -0.3 is 5.32 Å². The fraction of sp³-hybridized carbons (Fsp3) is 0.364. The van der Waals surface area contributed by atoms with Gasteiger partial charge in [0.05, 0.1) is 14.4 Å². The summed E-state index contributed by atoms with van der Waals surface area (Å²) in [5.74, 6) is 0.326. The van der Waals surface area contributed by atoms with Crippen molar-refractivity contribution >= 4 is 54.3 Å². The van der Waals surface area contributed by atoms with Crippen molar-refractivity contribution in [3.63, 3.8) is 0 Å². The maximum atomic E-state index is 11.9. The van der Waals surface area contributed by atoms with Crippen LogP contribution in [0.3, 0.4) is 0 Å². The van der Waals surface area contributed by atoms with E-state index < -0.39 is 26.7 Å². The Labute approximate surface area is 139 Å². The van der Waals surface area contributed by atoms with Gasteiger partial charge in [-0.3, -0.25) is 9.00 Å². The molecule has 0 aliphatic carbocycles. The van der Waals surface area contributed by atoms with Gasteiger partial charge in [-0.05, 0) is 28.1 Å². The number of halogens is 2. The van der Waals surface area contributed by atoms with Gasteiger partial charge in [0.15, 0.2) is 0 Å². The summed E-state index contributed by atoms with van der Waals surface area (Å²) in [4.78, 5) is 11.7. The van der Waals surface area contributed by atoms with E-state index in [1.807, 2.05) is 0 Å². The molecule has 0 saturated carbocycles. The second-order valence-electron chi connectivity index (χ2n) is 4.00. The van der Waals surface area contributed by atoms with Gasteiger partial charge in [-0.15, -0.1) is 0 Å². The van der Waals surface area contributed by atoms with Crippen molar-refractivity contribution in [2.45, 2.75) is 11.8 Å². The van der Waals surface area contributed by atoms with Crippen LogP contribution < -0.4 is 10.5 Å². The lowest BCUT2D eigenvalue weighted by Gasteiger charge is -2.09. The Morgan fingerprint density at radius 2 is 2.10 bits per heavy atom. The smallest absolute Gasteiger partial charge is 0.251 e. The number of primary sulfonamides is 1. The maximum absolute atomic E-state index is 11.9. The average molecular weight is 418 g/mol. The first-order valence-electron chi connectivity index (χ1n) is 5.81. The van der Waals surface area contributed by atoms with Crippen LogP contribution >= 0.6 is 27.5 Å². The van der Waals surface area contributed by atoms with Crippen LogP contribution in [0, 0.1) is 0 Å². The SMILES string of the molecule is CCS(=O)CCNC(=O)c1cc(Cl)c(Br)c(S(N)(=O)=O)c1. The minimum Gasteiger partial charge on any atom is -0.351 e. The van der Waals surface area contributed by atoms with Crippen LogP contribution in [0.15, 0.2) is 21.5 Å². The average Bonchev–Trinajstić information content (AvgIpc) is 2.39. The largest absolute Gasteiger partial charge is 0.351 e. The fourth-order valence-electron chi connectivity index (χ4n) is 1.43. The molecule has 10 heteroatoms. The standard InChI is InChI=1S/C11H14BrClN2O4S2/c1-2-20(17)4-3-15-11(16)7-5-8(13)10(12)9(6-7)21(14,18)19/h5-6H,2-4H2,1H3,(H,15,16)(H2,14,18,19). The molecule has 0 saturated heterocycles. The number of nitrogens with two attached hydrogens (primary N) is 1. The molecular formula is C11H14BrClN2O4S2. The molecule has 1 unspecified atom stereocenters. The highest BCUT2D eigenvalue weighted by atomic mass is 79.9. The molecule has 0 bridgehead atoms. The number of amides is 1. The van der Waals surface area contributed by atoms with Crippen molar-refractivity contribution in [3.8, 4) is 0 Å². The molecule has 1 amide bonds. The summed E-state index contributed by atoms with van der Waals surface area (Å²) < 4.78 is 34.2. The Balaban J connectivity index is 2.96. The number of nitrogens with one attached hydrogen (secondary N) is 1. The number of benzene rings is 1. The number of hydrogen-bond acceptors (Lipinski definition) is 4. The predicted octanol–water partition coefficient (Wildman–Crippen LogP) is 1.25. The maximum Gasteiger partial charge on any atom is 0.251 e. The summed E-state index contributed by atoms with van der Waals surface area (Å²) in [5.41, 5.74) is 0.0644. The van der Waals surface area contributed by atoms with Crippen LogP contribution in [-0.4, -0.2) is 36.6 Å². The van der Waals surface area contributed by atoms with Gasteiger partial charge in [-0.2, -0.15) is 0 Å². The van der Waals surface area contributed by atoms with E-state index >= 15 is 0 Å². The predicted molar refractivity (Wildman–Crippen MR) is 86.4 cm³/mol. The Kier molecular flexibility index (Phi) is 6.79. The molecule has 6 nitrogen and oxygen atoms in total. The first kappa shape index (κ1) is 18.6. The lowest BCUT2D eigenvalue weighted by molar-refractivity contribution is 0.0956. The monoisotopic (exact) mass is 416 g/mol. The van der Waals surface area contributed by atoms with Crippen molar-refractivity contribution in [2.24, 2.45) is 5.14 Å². The Bertz CT molecular complexity index is 679. The quantitative estimate of drug-likeness (QED) is 0.726. The number of carbonyl (C=O) groups excluding carboxylic acids is 1. The van der Waals surface area contributed by atoms with Crippen molar-refractivity contribution < 1.29 is 17.4 Å². The summed E-state index contributed by atoms with van der Waals surface area (Å²) in [6.07, 6.45) is 0. The summed E-state index contributed by atoms with van der Waals surface area (Å²) in [7, 11) is -5.00. The molecule has 0 spiro atoms. The van der Waals surface area contributed by atoms with Gasteiger partial charge >= 0.3 is 0 Å². The van der Waals surface area contributed by atoms with Crippen LogP contribution in [0.1, 0.15) is 17.3 Å². The summed E-state index contributed by atoms with van der Waals surface area (Å²) >= 11 is 8.90. The van der Waals surface area contributed by atoms with E-state index in [2.05, 4.69) is 21.2 Å². The highest BCUT2D eigenvalue weighted by Gasteiger charge is 2.19. The fourth-order valence-corrected chi connectivity index (χ4v) is 3.88. The third-order valence-electron chi connectivity index (χ3n) is 2.50. The van der Waals surface area contributed by atoms with Crippen molar-refractivity contribution in [3.05, 3.63) is 27.2 Å². The van der Waals surface area contributed by atoms with Crippen molar-refractivity contribution in [2.75, 3.05) is 18.1 Å². The van der Waals surface area contributed by atoms with Gasteiger partial charge in [-0.25, -0.2) is 13.6 Å². The topological polar surface area (TPSA) is 106 Å². The van der Waals surface area contributed by atoms with Crippen LogP contribution in [0.5, 0.6) is 0 Å².